The Morgan fingerprint density at radius 3 is 1.73 bits per heavy atom. The summed E-state index contributed by atoms with van der Waals surface area (Å²) >= 11 is 7.16. The SMILES string of the molecule is Brc1ccc2nc3ccc(Br)cc3c(-c3ccccc3)c2c1. The molecule has 0 aliphatic heterocycles. The molecule has 0 saturated heterocycles. The molecular weight excluding hydrogens is 402 g/mol. The number of aromatic nitrogens is 1. The quantitative estimate of drug-likeness (QED) is 0.322. The molecule has 4 aromatic rings. The highest BCUT2D eigenvalue weighted by Gasteiger charge is 2.11. The number of benzene rings is 3. The van der Waals surface area contributed by atoms with Crippen LogP contribution in [0, 0.1) is 0 Å². The molecule has 0 fully saturated rings. The fourth-order valence-electron chi connectivity index (χ4n) is 2.80. The van der Waals surface area contributed by atoms with Crippen LogP contribution in [-0.2, 0) is 0 Å². The summed E-state index contributed by atoms with van der Waals surface area (Å²) in [7, 11) is 0. The first-order chi connectivity index (χ1) is 10.7. The van der Waals surface area contributed by atoms with Crippen LogP contribution in [0.25, 0.3) is 32.9 Å². The van der Waals surface area contributed by atoms with Gasteiger partial charge in [-0.05, 0) is 42.0 Å². The van der Waals surface area contributed by atoms with Gasteiger partial charge < -0.3 is 0 Å². The molecule has 0 atom stereocenters. The lowest BCUT2D eigenvalue weighted by molar-refractivity contribution is 1.48. The Balaban J connectivity index is 2.24. The van der Waals surface area contributed by atoms with Crippen LogP contribution in [0.15, 0.2) is 75.7 Å². The second-order valence-corrected chi connectivity index (χ2v) is 7.01. The van der Waals surface area contributed by atoms with Gasteiger partial charge in [0, 0.05) is 25.3 Å². The zero-order valence-corrected chi connectivity index (χ0v) is 14.7. The van der Waals surface area contributed by atoms with E-state index in [2.05, 4.69) is 80.4 Å². The second-order valence-electron chi connectivity index (χ2n) is 5.18. The molecule has 1 aromatic heterocycles. The topological polar surface area (TPSA) is 12.9 Å². The summed E-state index contributed by atoms with van der Waals surface area (Å²) in [4.78, 5) is 4.80. The van der Waals surface area contributed by atoms with Crippen molar-refractivity contribution in [2.24, 2.45) is 0 Å². The van der Waals surface area contributed by atoms with Gasteiger partial charge in [0.1, 0.15) is 0 Å². The molecule has 106 valence electrons. The van der Waals surface area contributed by atoms with E-state index in [-0.39, 0.29) is 0 Å². The fourth-order valence-corrected chi connectivity index (χ4v) is 3.52. The first kappa shape index (κ1) is 13.9. The Labute approximate surface area is 145 Å². The van der Waals surface area contributed by atoms with E-state index < -0.39 is 0 Å². The van der Waals surface area contributed by atoms with Crippen molar-refractivity contribution in [3.8, 4) is 11.1 Å². The summed E-state index contributed by atoms with van der Waals surface area (Å²) in [6.07, 6.45) is 0. The van der Waals surface area contributed by atoms with Crippen molar-refractivity contribution in [1.29, 1.82) is 0 Å². The molecule has 1 heterocycles. The Hall–Kier alpha value is -1.71. The van der Waals surface area contributed by atoms with Gasteiger partial charge in [0.05, 0.1) is 11.0 Å². The molecule has 4 rings (SSSR count). The molecule has 0 radical (unpaired) electrons. The molecule has 3 heteroatoms. The van der Waals surface area contributed by atoms with Crippen molar-refractivity contribution in [1.82, 2.24) is 4.98 Å². The molecule has 22 heavy (non-hydrogen) atoms. The molecule has 0 saturated carbocycles. The molecule has 0 unspecified atom stereocenters. The zero-order valence-electron chi connectivity index (χ0n) is 11.6. The summed E-state index contributed by atoms with van der Waals surface area (Å²) in [5, 5.41) is 2.32. The number of halogens is 2. The fraction of sp³-hybridized carbons (Fsp3) is 0. The molecule has 0 bridgehead atoms. The van der Waals surface area contributed by atoms with E-state index >= 15 is 0 Å². The van der Waals surface area contributed by atoms with E-state index in [4.69, 9.17) is 4.98 Å². The van der Waals surface area contributed by atoms with Gasteiger partial charge in [0.2, 0.25) is 0 Å². The Kier molecular flexibility index (Phi) is 3.47. The first-order valence-electron chi connectivity index (χ1n) is 6.96. The van der Waals surface area contributed by atoms with Crippen LogP contribution in [0.1, 0.15) is 0 Å². The third-order valence-electron chi connectivity index (χ3n) is 3.76. The van der Waals surface area contributed by atoms with E-state index in [1.54, 1.807) is 0 Å². The number of rotatable bonds is 1. The van der Waals surface area contributed by atoms with Gasteiger partial charge in [0.15, 0.2) is 0 Å². The Bertz CT molecular complexity index is 934. The number of hydrogen-bond acceptors (Lipinski definition) is 1. The third-order valence-corrected chi connectivity index (χ3v) is 4.75. The highest BCUT2D eigenvalue weighted by molar-refractivity contribution is 9.10. The van der Waals surface area contributed by atoms with Crippen molar-refractivity contribution < 1.29 is 0 Å². The molecule has 0 N–H and O–H groups in total. The third kappa shape index (κ3) is 2.34. The summed E-state index contributed by atoms with van der Waals surface area (Å²) in [5.74, 6) is 0. The van der Waals surface area contributed by atoms with Crippen LogP contribution < -0.4 is 0 Å². The molecule has 1 nitrogen and oxygen atoms in total. The number of nitrogens with zero attached hydrogens (tertiary/aromatic N) is 1. The predicted molar refractivity (Wildman–Crippen MR) is 100 cm³/mol. The van der Waals surface area contributed by atoms with Crippen molar-refractivity contribution in [3.05, 3.63) is 75.7 Å². The summed E-state index contributed by atoms with van der Waals surface area (Å²) in [6.45, 7) is 0. The molecule has 0 aliphatic carbocycles. The van der Waals surface area contributed by atoms with E-state index in [0.29, 0.717) is 0 Å². The Morgan fingerprint density at radius 1 is 0.636 bits per heavy atom. The van der Waals surface area contributed by atoms with Crippen molar-refractivity contribution in [2.75, 3.05) is 0 Å². The van der Waals surface area contributed by atoms with Crippen molar-refractivity contribution in [2.45, 2.75) is 0 Å². The maximum absolute atomic E-state index is 4.80. The largest absolute Gasteiger partial charge is 0.248 e. The van der Waals surface area contributed by atoms with E-state index in [9.17, 15) is 0 Å². The Morgan fingerprint density at radius 2 is 1.18 bits per heavy atom. The minimum Gasteiger partial charge on any atom is -0.248 e. The lowest BCUT2D eigenvalue weighted by atomic mass is 9.96. The van der Waals surface area contributed by atoms with Gasteiger partial charge in [-0.15, -0.1) is 0 Å². The number of hydrogen-bond donors (Lipinski definition) is 0. The lowest BCUT2D eigenvalue weighted by Crippen LogP contribution is -1.89. The first-order valence-corrected chi connectivity index (χ1v) is 8.55. The number of fused-ring (bicyclic) bond motifs is 2. The minimum atomic E-state index is 1.01. The highest BCUT2D eigenvalue weighted by atomic mass is 79.9. The van der Waals surface area contributed by atoms with Crippen LogP contribution in [-0.4, -0.2) is 4.98 Å². The van der Waals surface area contributed by atoms with E-state index in [0.717, 1.165) is 30.8 Å². The average molecular weight is 413 g/mol. The standard InChI is InChI=1S/C19H11Br2N/c20-13-6-8-17-15(10-13)19(12-4-2-1-3-5-12)16-11-14(21)7-9-18(16)22-17/h1-11H. The van der Waals surface area contributed by atoms with Crippen LogP contribution in [0.2, 0.25) is 0 Å². The van der Waals surface area contributed by atoms with Crippen LogP contribution in [0.3, 0.4) is 0 Å². The molecular formula is C19H11Br2N. The van der Waals surface area contributed by atoms with Crippen LogP contribution in [0.5, 0.6) is 0 Å². The monoisotopic (exact) mass is 411 g/mol. The van der Waals surface area contributed by atoms with Gasteiger partial charge in [-0.3, -0.25) is 0 Å². The zero-order chi connectivity index (χ0) is 15.1. The summed E-state index contributed by atoms with van der Waals surface area (Å²) in [5.41, 5.74) is 4.45. The smallest absolute Gasteiger partial charge is 0.0716 e. The highest BCUT2D eigenvalue weighted by Crippen LogP contribution is 2.36. The maximum Gasteiger partial charge on any atom is 0.0716 e. The van der Waals surface area contributed by atoms with Gasteiger partial charge >= 0.3 is 0 Å². The number of pyridine rings is 1. The van der Waals surface area contributed by atoms with Gasteiger partial charge in [-0.25, -0.2) is 4.98 Å². The van der Waals surface area contributed by atoms with E-state index in [1.807, 2.05) is 18.2 Å². The maximum atomic E-state index is 4.80. The van der Waals surface area contributed by atoms with Crippen LogP contribution >= 0.6 is 31.9 Å². The van der Waals surface area contributed by atoms with E-state index in [1.165, 1.54) is 11.1 Å². The normalized spacial score (nSPS) is 11.2. The van der Waals surface area contributed by atoms with Crippen molar-refractivity contribution >= 4 is 53.7 Å². The second kappa shape index (κ2) is 5.49. The van der Waals surface area contributed by atoms with Crippen LogP contribution in [0.4, 0.5) is 0 Å². The van der Waals surface area contributed by atoms with Gasteiger partial charge in [-0.2, -0.15) is 0 Å². The van der Waals surface area contributed by atoms with Crippen molar-refractivity contribution in [3.63, 3.8) is 0 Å². The van der Waals surface area contributed by atoms with Gasteiger partial charge in [-0.1, -0.05) is 62.2 Å². The summed E-state index contributed by atoms with van der Waals surface area (Å²) in [6, 6.07) is 23.0. The minimum absolute atomic E-state index is 1.01. The molecule has 0 aliphatic rings. The molecule has 3 aromatic carbocycles. The van der Waals surface area contributed by atoms with Gasteiger partial charge in [0.25, 0.3) is 0 Å². The molecule has 0 spiro atoms. The predicted octanol–water partition coefficient (Wildman–Crippen LogP) is 6.58. The summed E-state index contributed by atoms with van der Waals surface area (Å²) < 4.78 is 2.13. The lowest BCUT2D eigenvalue weighted by Gasteiger charge is -2.12. The molecule has 0 amide bonds. The average Bonchev–Trinajstić information content (AvgIpc) is 2.54.